The molecule has 1 aliphatic heterocycles. The quantitative estimate of drug-likeness (QED) is 0.612. The molecule has 9 heteroatoms. The summed E-state index contributed by atoms with van der Waals surface area (Å²) in [6.07, 6.45) is 4.32. The summed E-state index contributed by atoms with van der Waals surface area (Å²) in [6.45, 7) is 0.427. The Labute approximate surface area is 166 Å². The number of benzene rings is 1. The van der Waals surface area contributed by atoms with Crippen LogP contribution in [0.5, 0.6) is 5.75 Å². The van der Waals surface area contributed by atoms with Crippen LogP contribution in [-0.2, 0) is 0 Å². The van der Waals surface area contributed by atoms with Crippen LogP contribution in [0.3, 0.4) is 0 Å². The zero-order valence-corrected chi connectivity index (χ0v) is 16.1. The molecule has 1 saturated heterocycles. The zero-order valence-electron chi connectivity index (χ0n) is 15.4. The fraction of sp³-hybridized carbons (Fsp3) is 0.526. The van der Waals surface area contributed by atoms with Crippen LogP contribution in [0.2, 0.25) is 5.02 Å². The summed E-state index contributed by atoms with van der Waals surface area (Å²) in [4.78, 5) is 14.5. The number of rotatable bonds is 8. The Morgan fingerprint density at radius 2 is 2.11 bits per heavy atom. The van der Waals surface area contributed by atoms with E-state index in [1.54, 1.807) is 16.9 Å². The van der Waals surface area contributed by atoms with E-state index in [2.05, 4.69) is 19.9 Å². The Morgan fingerprint density at radius 1 is 1.36 bits per heavy atom. The lowest BCUT2D eigenvalue weighted by molar-refractivity contribution is -0.0518. The molecular formula is C19H21ClF2N4O2. The summed E-state index contributed by atoms with van der Waals surface area (Å²) in [5, 5.41) is 8.48. The van der Waals surface area contributed by atoms with Gasteiger partial charge in [-0.05, 0) is 43.9 Å². The number of ether oxygens (including phenoxy) is 1. The number of carbonyl (C=O) groups is 1. The van der Waals surface area contributed by atoms with Gasteiger partial charge >= 0.3 is 6.61 Å². The number of halogens is 3. The van der Waals surface area contributed by atoms with E-state index in [-0.39, 0.29) is 23.5 Å². The van der Waals surface area contributed by atoms with Crippen molar-refractivity contribution in [3.63, 3.8) is 0 Å². The summed E-state index contributed by atoms with van der Waals surface area (Å²) in [7, 11) is 0. The minimum atomic E-state index is -2.89. The van der Waals surface area contributed by atoms with E-state index in [0.29, 0.717) is 41.8 Å². The molecular weight excluding hydrogens is 390 g/mol. The van der Waals surface area contributed by atoms with E-state index in [0.717, 1.165) is 12.8 Å². The summed E-state index contributed by atoms with van der Waals surface area (Å²) < 4.78 is 31.7. The van der Waals surface area contributed by atoms with Crippen molar-refractivity contribution < 1.29 is 18.3 Å². The van der Waals surface area contributed by atoms with Gasteiger partial charge in [0.2, 0.25) is 0 Å². The normalized spacial score (nSPS) is 18.9. The average Bonchev–Trinajstić information content (AvgIpc) is 3.35. The molecule has 0 N–H and O–H groups in total. The minimum absolute atomic E-state index is 0.00585. The van der Waals surface area contributed by atoms with Gasteiger partial charge in [-0.2, -0.15) is 8.78 Å². The van der Waals surface area contributed by atoms with Crippen molar-refractivity contribution in [3.05, 3.63) is 40.7 Å². The van der Waals surface area contributed by atoms with Crippen molar-refractivity contribution in [2.24, 2.45) is 5.92 Å². The molecule has 2 heterocycles. The molecule has 1 aliphatic carbocycles. The second-order valence-electron chi connectivity index (χ2n) is 7.50. The van der Waals surface area contributed by atoms with Gasteiger partial charge in [0.05, 0.1) is 12.2 Å². The number of hydrogen-bond acceptors (Lipinski definition) is 5. The SMILES string of the molecule is CC(c1cc(Cl)ccc1OC(F)F)N1CC(CC(=O)c2cn(C3CC3)nn2)C1. The first-order chi connectivity index (χ1) is 13.4. The number of alkyl halides is 2. The molecule has 0 amide bonds. The van der Waals surface area contributed by atoms with Crippen molar-refractivity contribution in [1.82, 2.24) is 19.9 Å². The summed E-state index contributed by atoms with van der Waals surface area (Å²) in [5.74, 6) is 0.330. The second-order valence-corrected chi connectivity index (χ2v) is 7.94. The van der Waals surface area contributed by atoms with Crippen LogP contribution in [0.25, 0.3) is 0 Å². The first-order valence-corrected chi connectivity index (χ1v) is 9.72. The molecule has 2 fully saturated rings. The number of ketones is 1. The molecule has 0 bridgehead atoms. The number of hydrogen-bond donors (Lipinski definition) is 0. The maximum atomic E-state index is 12.7. The molecule has 1 aromatic carbocycles. The molecule has 2 aliphatic rings. The largest absolute Gasteiger partial charge is 0.434 e. The highest BCUT2D eigenvalue weighted by molar-refractivity contribution is 6.30. The highest BCUT2D eigenvalue weighted by atomic mass is 35.5. The van der Waals surface area contributed by atoms with Crippen molar-refractivity contribution in [1.29, 1.82) is 0 Å². The molecule has 0 radical (unpaired) electrons. The van der Waals surface area contributed by atoms with Gasteiger partial charge in [-0.25, -0.2) is 4.68 Å². The zero-order chi connectivity index (χ0) is 19.8. The molecule has 1 aromatic heterocycles. The van der Waals surface area contributed by atoms with E-state index >= 15 is 0 Å². The molecule has 2 aromatic rings. The number of aromatic nitrogens is 3. The van der Waals surface area contributed by atoms with Crippen molar-refractivity contribution >= 4 is 17.4 Å². The van der Waals surface area contributed by atoms with Gasteiger partial charge in [-0.15, -0.1) is 5.10 Å². The fourth-order valence-corrected chi connectivity index (χ4v) is 3.77. The predicted octanol–water partition coefficient (Wildman–Crippen LogP) is 4.13. The Balaban J connectivity index is 1.34. The van der Waals surface area contributed by atoms with Gasteiger partial charge in [0.15, 0.2) is 5.78 Å². The van der Waals surface area contributed by atoms with Gasteiger partial charge in [0.1, 0.15) is 11.4 Å². The number of nitrogens with zero attached hydrogens (tertiary/aromatic N) is 4. The predicted molar refractivity (Wildman–Crippen MR) is 98.8 cm³/mol. The van der Waals surface area contributed by atoms with E-state index in [4.69, 9.17) is 11.6 Å². The Morgan fingerprint density at radius 3 is 2.79 bits per heavy atom. The Kier molecular flexibility index (Phi) is 5.33. The molecule has 0 spiro atoms. The molecule has 1 atom stereocenters. The van der Waals surface area contributed by atoms with Crippen LogP contribution in [0.4, 0.5) is 8.78 Å². The average molecular weight is 411 g/mol. The van der Waals surface area contributed by atoms with Crippen molar-refractivity contribution in [3.8, 4) is 5.75 Å². The van der Waals surface area contributed by atoms with Crippen LogP contribution in [0.15, 0.2) is 24.4 Å². The van der Waals surface area contributed by atoms with Gasteiger partial charge < -0.3 is 4.74 Å². The van der Waals surface area contributed by atoms with Crippen LogP contribution in [-0.4, -0.2) is 45.4 Å². The van der Waals surface area contributed by atoms with Gasteiger partial charge in [0.25, 0.3) is 0 Å². The number of Topliss-reactive ketones (excluding diaryl/α,β-unsaturated/α-hetero) is 1. The monoisotopic (exact) mass is 410 g/mol. The highest BCUT2D eigenvalue weighted by Gasteiger charge is 2.34. The van der Waals surface area contributed by atoms with Gasteiger partial charge in [-0.1, -0.05) is 16.8 Å². The first kappa shape index (κ1) is 19.3. The third kappa shape index (κ3) is 4.17. The maximum Gasteiger partial charge on any atom is 0.387 e. The summed E-state index contributed by atoms with van der Waals surface area (Å²) >= 11 is 6.04. The van der Waals surface area contributed by atoms with Crippen LogP contribution in [0, 0.1) is 5.92 Å². The minimum Gasteiger partial charge on any atom is -0.434 e. The third-order valence-electron chi connectivity index (χ3n) is 5.36. The van der Waals surface area contributed by atoms with Gasteiger partial charge in [0, 0.05) is 36.1 Å². The molecule has 28 heavy (non-hydrogen) atoms. The van der Waals surface area contributed by atoms with Crippen LogP contribution < -0.4 is 4.74 Å². The highest BCUT2D eigenvalue weighted by Crippen LogP contribution is 2.37. The van der Waals surface area contributed by atoms with E-state index in [1.165, 1.54) is 12.1 Å². The first-order valence-electron chi connectivity index (χ1n) is 9.34. The third-order valence-corrected chi connectivity index (χ3v) is 5.60. The molecule has 6 nitrogen and oxygen atoms in total. The fourth-order valence-electron chi connectivity index (χ4n) is 3.59. The van der Waals surface area contributed by atoms with E-state index < -0.39 is 6.61 Å². The standard InChI is InChI=1S/C19H21ClF2N4O2/c1-11(15-7-13(20)2-5-18(15)28-19(21)22)25-8-12(9-25)6-17(27)16-10-26(24-23-16)14-3-4-14/h2,5,7,10-12,14,19H,3-4,6,8-9H2,1H3. The number of likely N-dealkylation sites (tertiary alicyclic amines) is 1. The van der Waals surface area contributed by atoms with Crippen LogP contribution >= 0.6 is 11.6 Å². The molecule has 1 saturated carbocycles. The lowest BCUT2D eigenvalue weighted by Gasteiger charge is -2.43. The van der Waals surface area contributed by atoms with Gasteiger partial charge in [-0.3, -0.25) is 9.69 Å². The summed E-state index contributed by atoms with van der Waals surface area (Å²) in [5.41, 5.74) is 1.03. The van der Waals surface area contributed by atoms with E-state index in [9.17, 15) is 13.6 Å². The lowest BCUT2D eigenvalue weighted by Crippen LogP contribution is -2.48. The summed E-state index contributed by atoms with van der Waals surface area (Å²) in [6, 6.07) is 4.90. The van der Waals surface area contributed by atoms with E-state index in [1.807, 2.05) is 6.92 Å². The maximum absolute atomic E-state index is 12.7. The van der Waals surface area contributed by atoms with Crippen molar-refractivity contribution in [2.75, 3.05) is 13.1 Å². The van der Waals surface area contributed by atoms with Crippen molar-refractivity contribution in [2.45, 2.75) is 44.9 Å². The smallest absolute Gasteiger partial charge is 0.387 e. The molecule has 1 unspecified atom stereocenters. The molecule has 4 rings (SSSR count). The molecule has 150 valence electrons. The number of carbonyl (C=O) groups excluding carboxylic acids is 1. The Bertz CT molecular complexity index is 865. The lowest BCUT2D eigenvalue weighted by atomic mass is 9.90. The topological polar surface area (TPSA) is 60.2 Å². The Hall–Kier alpha value is -2.06. The second kappa shape index (κ2) is 7.75. The van der Waals surface area contributed by atoms with Crippen LogP contribution in [0.1, 0.15) is 54.3 Å².